The van der Waals surface area contributed by atoms with Crippen LogP contribution < -0.4 is 5.73 Å². The second kappa shape index (κ2) is 5.76. The van der Waals surface area contributed by atoms with E-state index in [-0.39, 0.29) is 17.6 Å². The average molecular weight is 251 g/mol. The van der Waals surface area contributed by atoms with Crippen molar-refractivity contribution < 1.29 is 4.74 Å². The molecule has 1 aromatic heterocycles. The Labute approximate surface area is 110 Å². The van der Waals surface area contributed by atoms with E-state index in [1.54, 1.807) is 7.11 Å². The molecule has 0 radical (unpaired) electrons. The van der Waals surface area contributed by atoms with Gasteiger partial charge in [-0.2, -0.15) is 0 Å². The molecule has 4 heteroatoms. The van der Waals surface area contributed by atoms with Gasteiger partial charge in [0.05, 0.1) is 0 Å². The van der Waals surface area contributed by atoms with E-state index in [0.717, 1.165) is 23.6 Å². The summed E-state index contributed by atoms with van der Waals surface area (Å²) in [6.45, 7) is 10.3. The third kappa shape index (κ3) is 4.03. The minimum Gasteiger partial charge on any atom is -0.373 e. The van der Waals surface area contributed by atoms with Crippen molar-refractivity contribution in [2.45, 2.75) is 53.2 Å². The highest BCUT2D eigenvalue weighted by Gasteiger charge is 2.29. The quantitative estimate of drug-likeness (QED) is 0.892. The Morgan fingerprint density at radius 1 is 1.33 bits per heavy atom. The Morgan fingerprint density at radius 2 is 1.94 bits per heavy atom. The number of hydrogen-bond acceptors (Lipinski definition) is 4. The zero-order chi connectivity index (χ0) is 13.9. The zero-order valence-electron chi connectivity index (χ0n) is 12.3. The number of nitrogens with zero attached hydrogens (tertiary/aromatic N) is 2. The lowest BCUT2D eigenvalue weighted by Crippen LogP contribution is -2.24. The molecule has 0 saturated carbocycles. The van der Waals surface area contributed by atoms with Crippen LogP contribution >= 0.6 is 0 Å². The highest BCUT2D eigenvalue weighted by Crippen LogP contribution is 2.33. The second-order valence-electron chi connectivity index (χ2n) is 6.02. The summed E-state index contributed by atoms with van der Waals surface area (Å²) in [5.41, 5.74) is 7.74. The Hall–Kier alpha value is -1.00. The van der Waals surface area contributed by atoms with Gasteiger partial charge in [-0.05, 0) is 25.3 Å². The van der Waals surface area contributed by atoms with Gasteiger partial charge in [-0.15, -0.1) is 0 Å². The maximum atomic E-state index is 5.83. The summed E-state index contributed by atoms with van der Waals surface area (Å²) in [6.07, 6.45) is 0.654. The minimum atomic E-state index is -0.107. The highest BCUT2D eigenvalue weighted by atomic mass is 16.5. The third-order valence-electron chi connectivity index (χ3n) is 2.71. The number of nitrogens with two attached hydrogens (primary N) is 1. The molecular weight excluding hydrogens is 226 g/mol. The van der Waals surface area contributed by atoms with Gasteiger partial charge in [0, 0.05) is 31.0 Å². The van der Waals surface area contributed by atoms with Gasteiger partial charge in [0.1, 0.15) is 6.10 Å². The van der Waals surface area contributed by atoms with Crippen molar-refractivity contribution in [3.05, 3.63) is 23.3 Å². The first-order valence-electron chi connectivity index (χ1n) is 6.37. The van der Waals surface area contributed by atoms with Crippen LogP contribution in [0.4, 0.5) is 0 Å². The number of aryl methyl sites for hydroxylation is 1. The largest absolute Gasteiger partial charge is 0.373 e. The van der Waals surface area contributed by atoms with E-state index in [1.165, 1.54) is 0 Å². The van der Waals surface area contributed by atoms with Gasteiger partial charge in [0.25, 0.3) is 0 Å². The normalized spacial score (nSPS) is 15.5. The molecule has 102 valence electrons. The lowest BCUT2D eigenvalue weighted by Gasteiger charge is -2.28. The molecule has 1 aromatic rings. The summed E-state index contributed by atoms with van der Waals surface area (Å²) in [6, 6.07) is 2.09. The van der Waals surface area contributed by atoms with E-state index in [2.05, 4.69) is 30.7 Å². The molecule has 4 nitrogen and oxygen atoms in total. The van der Waals surface area contributed by atoms with Gasteiger partial charge >= 0.3 is 0 Å². The van der Waals surface area contributed by atoms with Crippen molar-refractivity contribution in [2.24, 2.45) is 11.1 Å². The monoisotopic (exact) mass is 251 g/mol. The van der Waals surface area contributed by atoms with Gasteiger partial charge in [0.2, 0.25) is 0 Å². The molecule has 0 aromatic carbocycles. The smallest absolute Gasteiger partial charge is 0.158 e. The van der Waals surface area contributed by atoms with E-state index in [0.29, 0.717) is 0 Å². The molecule has 2 unspecified atom stereocenters. The summed E-state index contributed by atoms with van der Waals surface area (Å²) < 4.78 is 5.56. The first-order chi connectivity index (χ1) is 8.24. The molecule has 2 atom stereocenters. The van der Waals surface area contributed by atoms with Gasteiger partial charge in [-0.1, -0.05) is 20.8 Å². The van der Waals surface area contributed by atoms with E-state index in [1.807, 2.05) is 19.9 Å². The van der Waals surface area contributed by atoms with Crippen LogP contribution in [0.3, 0.4) is 0 Å². The van der Waals surface area contributed by atoms with Crippen LogP contribution in [-0.2, 0) is 11.2 Å². The molecule has 1 heterocycles. The number of aromatic nitrogens is 2. The number of ether oxygens (including phenoxy) is 1. The van der Waals surface area contributed by atoms with Crippen LogP contribution in [-0.4, -0.2) is 23.1 Å². The van der Waals surface area contributed by atoms with Crippen LogP contribution in [0, 0.1) is 12.3 Å². The number of methoxy groups -OCH3 is 1. The van der Waals surface area contributed by atoms with Crippen LogP contribution in [0.25, 0.3) is 0 Å². The molecule has 2 N–H and O–H groups in total. The van der Waals surface area contributed by atoms with Crippen molar-refractivity contribution in [1.29, 1.82) is 0 Å². The van der Waals surface area contributed by atoms with Gasteiger partial charge in [-0.25, -0.2) is 9.97 Å². The van der Waals surface area contributed by atoms with Crippen molar-refractivity contribution >= 4 is 0 Å². The Bertz CT molecular complexity index is 397. The summed E-state index contributed by atoms with van der Waals surface area (Å²) in [5, 5.41) is 0. The SMILES string of the molecule is COC(c1nc(C)cc(CC(C)N)n1)C(C)(C)C. The topological polar surface area (TPSA) is 61.0 Å². The summed E-state index contributed by atoms with van der Waals surface area (Å²) in [4.78, 5) is 9.10. The Kier molecular flexibility index (Phi) is 4.82. The summed E-state index contributed by atoms with van der Waals surface area (Å²) >= 11 is 0. The molecule has 1 rings (SSSR count). The van der Waals surface area contributed by atoms with Crippen LogP contribution in [0.15, 0.2) is 6.07 Å². The lowest BCUT2D eigenvalue weighted by atomic mass is 9.88. The predicted octanol–water partition coefficient (Wildman–Crippen LogP) is 2.41. The molecule has 0 fully saturated rings. The zero-order valence-corrected chi connectivity index (χ0v) is 12.3. The average Bonchev–Trinajstić information content (AvgIpc) is 2.13. The lowest BCUT2D eigenvalue weighted by molar-refractivity contribution is 0.00839. The highest BCUT2D eigenvalue weighted by molar-refractivity contribution is 5.13. The van der Waals surface area contributed by atoms with Crippen molar-refractivity contribution in [3.8, 4) is 0 Å². The fourth-order valence-electron chi connectivity index (χ4n) is 2.06. The molecule has 18 heavy (non-hydrogen) atoms. The van der Waals surface area contributed by atoms with Crippen molar-refractivity contribution in [2.75, 3.05) is 7.11 Å². The van der Waals surface area contributed by atoms with Crippen molar-refractivity contribution in [3.63, 3.8) is 0 Å². The summed E-state index contributed by atoms with van der Waals surface area (Å²) in [7, 11) is 1.70. The summed E-state index contributed by atoms with van der Waals surface area (Å²) in [5.74, 6) is 0.751. The molecule has 0 spiro atoms. The van der Waals surface area contributed by atoms with Crippen LogP contribution in [0.2, 0.25) is 0 Å². The maximum absolute atomic E-state index is 5.83. The standard InChI is InChI=1S/C14H25N3O/c1-9(15)7-11-8-10(2)16-13(17-11)12(18-6)14(3,4)5/h8-9,12H,7,15H2,1-6H3. The van der Waals surface area contributed by atoms with Gasteiger partial charge in [-0.3, -0.25) is 0 Å². The molecule has 0 bridgehead atoms. The molecule has 0 saturated heterocycles. The second-order valence-corrected chi connectivity index (χ2v) is 6.02. The maximum Gasteiger partial charge on any atom is 0.158 e. The number of hydrogen-bond donors (Lipinski definition) is 1. The van der Waals surface area contributed by atoms with Gasteiger partial charge < -0.3 is 10.5 Å². The Morgan fingerprint density at radius 3 is 2.39 bits per heavy atom. The fraction of sp³-hybridized carbons (Fsp3) is 0.714. The van der Waals surface area contributed by atoms with E-state index < -0.39 is 0 Å². The molecule has 0 amide bonds. The predicted molar refractivity (Wildman–Crippen MR) is 73.3 cm³/mol. The Balaban J connectivity index is 3.11. The van der Waals surface area contributed by atoms with E-state index >= 15 is 0 Å². The van der Waals surface area contributed by atoms with E-state index in [9.17, 15) is 0 Å². The van der Waals surface area contributed by atoms with Crippen LogP contribution in [0.1, 0.15) is 51.0 Å². The number of rotatable bonds is 4. The molecule has 0 aliphatic rings. The van der Waals surface area contributed by atoms with E-state index in [4.69, 9.17) is 10.5 Å². The van der Waals surface area contributed by atoms with Crippen LogP contribution in [0.5, 0.6) is 0 Å². The molecule has 0 aliphatic carbocycles. The fourth-order valence-corrected chi connectivity index (χ4v) is 2.06. The minimum absolute atomic E-state index is 0.0336. The third-order valence-corrected chi connectivity index (χ3v) is 2.71. The van der Waals surface area contributed by atoms with Gasteiger partial charge in [0.15, 0.2) is 5.82 Å². The first-order valence-corrected chi connectivity index (χ1v) is 6.37. The molecule has 0 aliphatic heterocycles. The molecular formula is C14H25N3O. The first kappa shape index (κ1) is 15.1. The van der Waals surface area contributed by atoms with Crippen molar-refractivity contribution in [1.82, 2.24) is 9.97 Å².